The van der Waals surface area contributed by atoms with E-state index in [9.17, 15) is 0 Å². The molecule has 9 heteroatoms. The molecule has 0 saturated heterocycles. The molecule has 0 atom stereocenters. The lowest BCUT2D eigenvalue weighted by Gasteiger charge is -2.13. The fourth-order valence-electron chi connectivity index (χ4n) is 2.07. The van der Waals surface area contributed by atoms with Gasteiger partial charge in [0, 0.05) is 30.1 Å². The first kappa shape index (κ1) is 16.3. The topological polar surface area (TPSA) is 99.3 Å². The fourth-order valence-corrected chi connectivity index (χ4v) is 2.75. The molecular formula is C15H18N6O2S. The molecule has 3 aromatic rings. The average Bonchev–Trinajstić information content (AvgIpc) is 2.93. The minimum absolute atomic E-state index is 0.306. The molecule has 126 valence electrons. The molecule has 0 aliphatic heterocycles. The van der Waals surface area contributed by atoms with Gasteiger partial charge in [-0.3, -0.25) is 0 Å². The van der Waals surface area contributed by atoms with Crippen molar-refractivity contribution in [2.45, 2.75) is 0 Å². The molecule has 0 aromatic carbocycles. The third kappa shape index (κ3) is 3.52. The van der Waals surface area contributed by atoms with Crippen molar-refractivity contribution in [1.29, 1.82) is 0 Å². The van der Waals surface area contributed by atoms with Gasteiger partial charge >= 0.3 is 6.01 Å². The van der Waals surface area contributed by atoms with Crippen LogP contribution in [0.5, 0.6) is 11.9 Å². The van der Waals surface area contributed by atoms with E-state index in [1.807, 2.05) is 25.1 Å². The quantitative estimate of drug-likeness (QED) is 0.720. The molecule has 0 spiro atoms. The number of fused-ring (bicyclic) bond motifs is 1. The van der Waals surface area contributed by atoms with Crippen molar-refractivity contribution in [3.05, 3.63) is 18.5 Å². The molecule has 0 saturated carbocycles. The van der Waals surface area contributed by atoms with Crippen LogP contribution in [0.3, 0.4) is 0 Å². The molecule has 24 heavy (non-hydrogen) atoms. The van der Waals surface area contributed by atoms with Gasteiger partial charge in [-0.1, -0.05) is 11.3 Å². The van der Waals surface area contributed by atoms with Gasteiger partial charge in [-0.15, -0.1) is 0 Å². The van der Waals surface area contributed by atoms with Gasteiger partial charge in [0.15, 0.2) is 5.13 Å². The summed E-state index contributed by atoms with van der Waals surface area (Å²) in [5, 5.41) is 0.472. The van der Waals surface area contributed by atoms with Gasteiger partial charge < -0.3 is 20.1 Å². The van der Waals surface area contributed by atoms with E-state index in [0.717, 1.165) is 28.0 Å². The van der Waals surface area contributed by atoms with E-state index in [0.29, 0.717) is 23.6 Å². The third-order valence-electron chi connectivity index (χ3n) is 3.26. The van der Waals surface area contributed by atoms with E-state index in [2.05, 4.69) is 19.9 Å². The second-order valence-electron chi connectivity index (χ2n) is 5.33. The number of anilines is 1. The third-order valence-corrected chi connectivity index (χ3v) is 4.06. The van der Waals surface area contributed by atoms with Gasteiger partial charge in [0.05, 0.1) is 7.11 Å². The lowest BCUT2D eigenvalue weighted by Crippen LogP contribution is -2.19. The Morgan fingerprint density at radius 2 is 1.96 bits per heavy atom. The van der Waals surface area contributed by atoms with Gasteiger partial charge in [0.2, 0.25) is 5.88 Å². The first-order valence-electron chi connectivity index (χ1n) is 7.28. The van der Waals surface area contributed by atoms with E-state index in [1.165, 1.54) is 18.4 Å². The summed E-state index contributed by atoms with van der Waals surface area (Å²) in [4.78, 5) is 19.9. The Bertz CT molecular complexity index is 834. The van der Waals surface area contributed by atoms with Crippen molar-refractivity contribution in [1.82, 2.24) is 24.8 Å². The van der Waals surface area contributed by atoms with Crippen molar-refractivity contribution in [2.24, 2.45) is 0 Å². The van der Waals surface area contributed by atoms with E-state index in [4.69, 9.17) is 15.2 Å². The highest BCUT2D eigenvalue weighted by atomic mass is 32.1. The average molecular weight is 346 g/mol. The van der Waals surface area contributed by atoms with Crippen molar-refractivity contribution < 1.29 is 9.47 Å². The number of likely N-dealkylation sites (N-methyl/N-ethyl adjacent to an activating group) is 1. The van der Waals surface area contributed by atoms with E-state index in [-0.39, 0.29) is 0 Å². The molecule has 0 aliphatic rings. The number of aromatic nitrogens is 4. The first-order valence-corrected chi connectivity index (χ1v) is 8.09. The zero-order valence-corrected chi connectivity index (χ0v) is 14.5. The minimum Gasteiger partial charge on any atom is -0.476 e. The monoisotopic (exact) mass is 346 g/mol. The van der Waals surface area contributed by atoms with Crippen molar-refractivity contribution in [3.63, 3.8) is 0 Å². The molecular weight excluding hydrogens is 328 g/mol. The van der Waals surface area contributed by atoms with Gasteiger partial charge in [0.25, 0.3) is 0 Å². The maximum Gasteiger partial charge on any atom is 0.316 e. The normalized spacial score (nSPS) is 11.2. The van der Waals surface area contributed by atoms with Crippen LogP contribution in [0.1, 0.15) is 0 Å². The number of ether oxygens (including phenoxy) is 2. The van der Waals surface area contributed by atoms with Crippen LogP contribution in [0, 0.1) is 0 Å². The van der Waals surface area contributed by atoms with Gasteiger partial charge in [-0.05, 0) is 20.2 Å². The molecule has 0 aliphatic carbocycles. The van der Waals surface area contributed by atoms with Crippen LogP contribution in [0.15, 0.2) is 18.5 Å². The summed E-state index contributed by atoms with van der Waals surface area (Å²) in [7, 11) is 5.50. The van der Waals surface area contributed by atoms with E-state index < -0.39 is 0 Å². The van der Waals surface area contributed by atoms with Crippen molar-refractivity contribution in [2.75, 3.05) is 40.1 Å². The Kier molecular flexibility index (Phi) is 4.72. The lowest BCUT2D eigenvalue weighted by atomic mass is 10.1. The van der Waals surface area contributed by atoms with Gasteiger partial charge in [-0.25, -0.2) is 19.9 Å². The highest BCUT2D eigenvalue weighted by Crippen LogP contribution is 2.33. The lowest BCUT2D eigenvalue weighted by molar-refractivity contribution is 0.255. The largest absolute Gasteiger partial charge is 0.476 e. The zero-order valence-electron chi connectivity index (χ0n) is 13.7. The number of hydrogen-bond acceptors (Lipinski definition) is 9. The molecule has 0 fully saturated rings. The van der Waals surface area contributed by atoms with Crippen LogP contribution in [0.25, 0.3) is 21.5 Å². The van der Waals surface area contributed by atoms with Crippen molar-refractivity contribution >= 4 is 26.8 Å². The van der Waals surface area contributed by atoms with Crippen LogP contribution in [0.4, 0.5) is 5.13 Å². The minimum atomic E-state index is 0.306. The molecule has 0 bridgehead atoms. The maximum atomic E-state index is 5.87. The van der Waals surface area contributed by atoms with Crippen LogP contribution < -0.4 is 15.2 Å². The molecule has 0 amide bonds. The Hall–Kier alpha value is -2.52. The standard InChI is InChI=1S/C15H18N6O2S/c1-21(2)4-5-23-12-10(9-7-17-15(22-3)18-8-9)6-11-13(20-12)24-14(16)19-11/h6-8H,4-5H2,1-3H3,(H2,16,19). The highest BCUT2D eigenvalue weighted by molar-refractivity contribution is 7.21. The van der Waals surface area contributed by atoms with Gasteiger partial charge in [-0.2, -0.15) is 0 Å². The fraction of sp³-hybridized carbons (Fsp3) is 0.333. The second kappa shape index (κ2) is 6.93. The molecule has 0 radical (unpaired) electrons. The summed E-state index contributed by atoms with van der Waals surface area (Å²) in [6, 6.07) is 2.20. The number of nitrogen functional groups attached to an aromatic ring is 1. The Morgan fingerprint density at radius 3 is 2.62 bits per heavy atom. The summed E-state index contributed by atoms with van der Waals surface area (Å²) >= 11 is 1.33. The number of hydrogen-bond donors (Lipinski definition) is 1. The van der Waals surface area contributed by atoms with E-state index >= 15 is 0 Å². The predicted molar refractivity (Wildman–Crippen MR) is 93.5 cm³/mol. The number of thiazole rings is 1. The second-order valence-corrected chi connectivity index (χ2v) is 6.34. The molecule has 2 N–H and O–H groups in total. The summed E-state index contributed by atoms with van der Waals surface area (Å²) < 4.78 is 10.9. The van der Waals surface area contributed by atoms with E-state index in [1.54, 1.807) is 12.4 Å². The Labute approximate surface area is 143 Å². The van der Waals surface area contributed by atoms with Crippen LogP contribution in [0.2, 0.25) is 0 Å². The zero-order chi connectivity index (χ0) is 17.1. The summed E-state index contributed by atoms with van der Waals surface area (Å²) in [5.41, 5.74) is 8.06. The number of methoxy groups -OCH3 is 1. The SMILES string of the molecule is COc1ncc(-c2cc3nc(N)sc3nc2OCCN(C)C)cn1. The Balaban J connectivity index is 2.01. The molecule has 0 unspecified atom stereocenters. The van der Waals surface area contributed by atoms with Crippen LogP contribution >= 0.6 is 11.3 Å². The first-order chi connectivity index (χ1) is 11.6. The molecule has 3 rings (SSSR count). The number of nitrogens with two attached hydrogens (primary N) is 1. The number of rotatable bonds is 6. The summed E-state index contributed by atoms with van der Waals surface area (Å²) in [6.07, 6.45) is 3.34. The summed E-state index contributed by atoms with van der Waals surface area (Å²) in [6.45, 7) is 1.30. The highest BCUT2D eigenvalue weighted by Gasteiger charge is 2.14. The molecule has 3 aromatic heterocycles. The van der Waals surface area contributed by atoms with Gasteiger partial charge in [0.1, 0.15) is 17.0 Å². The van der Waals surface area contributed by atoms with Crippen LogP contribution in [-0.2, 0) is 0 Å². The number of pyridine rings is 1. The predicted octanol–water partition coefficient (Wildman–Crippen LogP) is 1.68. The summed E-state index contributed by atoms with van der Waals surface area (Å²) in [5.74, 6) is 0.516. The maximum absolute atomic E-state index is 5.87. The van der Waals surface area contributed by atoms with Crippen LogP contribution in [-0.4, -0.2) is 59.2 Å². The Morgan fingerprint density at radius 1 is 1.21 bits per heavy atom. The van der Waals surface area contributed by atoms with Crippen molar-refractivity contribution in [3.8, 4) is 23.0 Å². The molecule has 3 heterocycles. The smallest absolute Gasteiger partial charge is 0.316 e. The molecule has 8 nitrogen and oxygen atoms in total. The number of nitrogens with zero attached hydrogens (tertiary/aromatic N) is 5.